The van der Waals surface area contributed by atoms with Gasteiger partial charge in [0.15, 0.2) is 0 Å². The van der Waals surface area contributed by atoms with Crippen LogP contribution < -0.4 is 10.0 Å². The minimum atomic E-state index is -3.97. The third-order valence-electron chi connectivity index (χ3n) is 5.09. The molecule has 0 aliphatic carbocycles. The van der Waals surface area contributed by atoms with Crippen LogP contribution in [0.4, 0.5) is 11.4 Å². The van der Waals surface area contributed by atoms with E-state index in [0.29, 0.717) is 24.3 Å². The highest BCUT2D eigenvalue weighted by Crippen LogP contribution is 2.30. The lowest BCUT2D eigenvalue weighted by atomic mass is 10.1. The van der Waals surface area contributed by atoms with E-state index in [1.165, 1.54) is 30.8 Å². The van der Waals surface area contributed by atoms with Crippen LogP contribution in [0.5, 0.6) is 0 Å². The summed E-state index contributed by atoms with van der Waals surface area (Å²) in [6.07, 6.45) is 5.94. The Labute approximate surface area is 187 Å². The van der Waals surface area contributed by atoms with Crippen LogP contribution in [0.3, 0.4) is 0 Å². The van der Waals surface area contributed by atoms with Crippen molar-refractivity contribution in [2.45, 2.75) is 42.4 Å². The molecule has 0 atom stereocenters. The summed E-state index contributed by atoms with van der Waals surface area (Å²) in [7, 11) is -3.97. The third kappa shape index (κ3) is 5.80. The molecule has 2 N–H and O–H groups in total. The molecule has 7 nitrogen and oxygen atoms in total. The molecule has 166 valence electrons. The molecule has 2 aromatic rings. The second-order valence-corrected chi connectivity index (χ2v) is 9.93. The summed E-state index contributed by atoms with van der Waals surface area (Å²) in [6, 6.07) is 11.2. The second-order valence-electron chi connectivity index (χ2n) is 7.40. The van der Waals surface area contributed by atoms with E-state index in [2.05, 4.69) is 10.0 Å². The van der Waals surface area contributed by atoms with E-state index < -0.39 is 10.0 Å². The predicted octanol–water partition coefficient (Wildman–Crippen LogP) is 4.18. The van der Waals surface area contributed by atoms with Crippen LogP contribution in [-0.2, 0) is 14.8 Å². The molecule has 0 radical (unpaired) electrons. The topological polar surface area (TPSA) is 95.6 Å². The van der Waals surface area contributed by atoms with Crippen molar-refractivity contribution >= 4 is 45.0 Å². The summed E-state index contributed by atoms with van der Waals surface area (Å²) in [5.74, 6) is -0.455. The first-order chi connectivity index (χ1) is 14.8. The number of rotatable bonds is 6. The molecule has 31 heavy (non-hydrogen) atoms. The molecule has 0 bridgehead atoms. The van der Waals surface area contributed by atoms with Gasteiger partial charge in [-0.2, -0.15) is 0 Å². The molecular weight excluding hydrogens is 434 g/mol. The number of carbonyl (C=O) groups excluding carboxylic acids is 2. The first kappa shape index (κ1) is 23.1. The minimum absolute atomic E-state index is 0.00562. The van der Waals surface area contributed by atoms with E-state index in [9.17, 15) is 18.0 Å². The monoisotopic (exact) mass is 461 g/mol. The van der Waals surface area contributed by atoms with Crippen molar-refractivity contribution < 1.29 is 18.0 Å². The maximum atomic E-state index is 13.1. The molecule has 1 fully saturated rings. The second kappa shape index (κ2) is 10.2. The minimum Gasteiger partial charge on any atom is -0.339 e. The van der Waals surface area contributed by atoms with Gasteiger partial charge in [-0.3, -0.25) is 14.3 Å². The van der Waals surface area contributed by atoms with Gasteiger partial charge in [0.1, 0.15) is 0 Å². The SMILES string of the molecule is CSc1ccc(S(=O)(=O)Nc2ccccc2C(=O)N2CCCCCC2)cc1NC(C)=O. The highest BCUT2D eigenvalue weighted by molar-refractivity contribution is 7.98. The average molecular weight is 462 g/mol. The zero-order valence-electron chi connectivity index (χ0n) is 17.7. The highest BCUT2D eigenvalue weighted by Gasteiger charge is 2.23. The lowest BCUT2D eigenvalue weighted by Crippen LogP contribution is -2.32. The Morgan fingerprint density at radius 1 is 0.968 bits per heavy atom. The van der Waals surface area contributed by atoms with Crippen LogP contribution >= 0.6 is 11.8 Å². The number of likely N-dealkylation sites (tertiary alicyclic amines) is 1. The van der Waals surface area contributed by atoms with Crippen molar-refractivity contribution in [1.82, 2.24) is 4.90 Å². The van der Waals surface area contributed by atoms with E-state index in [0.717, 1.165) is 30.6 Å². The first-order valence-corrected chi connectivity index (χ1v) is 12.9. The zero-order valence-corrected chi connectivity index (χ0v) is 19.3. The summed E-state index contributed by atoms with van der Waals surface area (Å²) < 4.78 is 28.7. The number of hydrogen-bond donors (Lipinski definition) is 2. The first-order valence-electron chi connectivity index (χ1n) is 10.2. The fraction of sp³-hybridized carbons (Fsp3) is 0.364. The largest absolute Gasteiger partial charge is 0.339 e. The fourth-order valence-electron chi connectivity index (χ4n) is 3.55. The van der Waals surface area contributed by atoms with E-state index in [-0.39, 0.29) is 22.4 Å². The summed E-state index contributed by atoms with van der Waals surface area (Å²) in [5.41, 5.74) is 0.999. The molecule has 1 heterocycles. The Morgan fingerprint density at radius 3 is 2.29 bits per heavy atom. The van der Waals surface area contributed by atoms with Crippen molar-refractivity contribution in [3.05, 3.63) is 48.0 Å². The number of nitrogens with zero attached hydrogens (tertiary/aromatic N) is 1. The molecule has 1 saturated heterocycles. The summed E-state index contributed by atoms with van der Waals surface area (Å²) >= 11 is 1.40. The number of benzene rings is 2. The van der Waals surface area contributed by atoms with Gasteiger partial charge in [0, 0.05) is 24.9 Å². The normalized spacial score (nSPS) is 14.6. The Kier molecular flexibility index (Phi) is 7.61. The Balaban J connectivity index is 1.90. The molecule has 1 aliphatic heterocycles. The van der Waals surface area contributed by atoms with Crippen LogP contribution in [-0.4, -0.2) is 44.5 Å². The molecule has 0 unspecified atom stereocenters. The number of anilines is 2. The van der Waals surface area contributed by atoms with E-state index in [4.69, 9.17) is 0 Å². The molecule has 0 spiro atoms. The van der Waals surface area contributed by atoms with Crippen LogP contribution in [0.25, 0.3) is 0 Å². The highest BCUT2D eigenvalue weighted by atomic mass is 32.2. The molecule has 0 aromatic heterocycles. The number of hydrogen-bond acceptors (Lipinski definition) is 5. The van der Waals surface area contributed by atoms with E-state index >= 15 is 0 Å². The van der Waals surface area contributed by atoms with Gasteiger partial charge in [-0.25, -0.2) is 8.42 Å². The zero-order chi connectivity index (χ0) is 22.4. The van der Waals surface area contributed by atoms with Crippen LogP contribution in [0, 0.1) is 0 Å². The Bertz CT molecular complexity index is 1060. The Hall–Kier alpha value is -2.52. The lowest BCUT2D eigenvalue weighted by Gasteiger charge is -2.22. The smallest absolute Gasteiger partial charge is 0.261 e. The number of sulfonamides is 1. The fourth-order valence-corrected chi connectivity index (χ4v) is 5.19. The summed E-state index contributed by atoms with van der Waals surface area (Å²) in [6.45, 7) is 2.72. The summed E-state index contributed by atoms with van der Waals surface area (Å²) in [4.78, 5) is 27.2. The van der Waals surface area contributed by atoms with Crippen LogP contribution in [0.15, 0.2) is 52.3 Å². The van der Waals surface area contributed by atoms with Gasteiger partial charge in [0.05, 0.1) is 21.8 Å². The van der Waals surface area contributed by atoms with Gasteiger partial charge < -0.3 is 10.2 Å². The maximum absolute atomic E-state index is 13.1. The van der Waals surface area contributed by atoms with Crippen molar-refractivity contribution in [1.29, 1.82) is 0 Å². The number of para-hydroxylation sites is 1. The van der Waals surface area contributed by atoms with Gasteiger partial charge >= 0.3 is 0 Å². The third-order valence-corrected chi connectivity index (χ3v) is 7.25. The van der Waals surface area contributed by atoms with E-state index in [1.54, 1.807) is 35.2 Å². The lowest BCUT2D eigenvalue weighted by molar-refractivity contribution is -0.114. The molecular formula is C22H27N3O4S2. The van der Waals surface area contributed by atoms with Crippen molar-refractivity contribution in [2.75, 3.05) is 29.4 Å². The predicted molar refractivity (Wildman–Crippen MR) is 124 cm³/mol. The van der Waals surface area contributed by atoms with Gasteiger partial charge in [-0.1, -0.05) is 25.0 Å². The van der Waals surface area contributed by atoms with Gasteiger partial charge in [0.2, 0.25) is 5.91 Å². The molecule has 2 aromatic carbocycles. The quantitative estimate of drug-likeness (QED) is 0.629. The average Bonchev–Trinajstić information content (AvgIpc) is 3.02. The standard InChI is InChI=1S/C22H27N3O4S2/c1-16(26)23-20-15-17(11-12-21(20)30-2)31(28,29)24-19-10-6-5-9-18(19)22(27)25-13-7-3-4-8-14-25/h5-6,9-12,15,24H,3-4,7-8,13-14H2,1-2H3,(H,23,26). The molecule has 0 saturated carbocycles. The van der Waals surface area contributed by atoms with Crippen molar-refractivity contribution in [2.24, 2.45) is 0 Å². The molecule has 2 amide bonds. The van der Waals surface area contributed by atoms with Crippen molar-refractivity contribution in [3.8, 4) is 0 Å². The molecule has 3 rings (SSSR count). The van der Waals surface area contributed by atoms with Crippen molar-refractivity contribution in [3.63, 3.8) is 0 Å². The van der Waals surface area contributed by atoms with E-state index in [1.807, 2.05) is 6.26 Å². The van der Waals surface area contributed by atoms with Crippen LogP contribution in [0.2, 0.25) is 0 Å². The van der Waals surface area contributed by atoms with Gasteiger partial charge in [-0.15, -0.1) is 11.8 Å². The van der Waals surface area contributed by atoms with Gasteiger partial charge in [-0.05, 0) is 49.4 Å². The number of nitrogens with one attached hydrogen (secondary N) is 2. The number of amides is 2. The number of thioether (sulfide) groups is 1. The van der Waals surface area contributed by atoms with Gasteiger partial charge in [0.25, 0.3) is 15.9 Å². The Morgan fingerprint density at radius 2 is 1.65 bits per heavy atom. The molecule has 9 heteroatoms. The van der Waals surface area contributed by atoms with Crippen LogP contribution in [0.1, 0.15) is 43.0 Å². The number of carbonyl (C=O) groups is 2. The molecule has 1 aliphatic rings. The maximum Gasteiger partial charge on any atom is 0.261 e. The summed E-state index contributed by atoms with van der Waals surface area (Å²) in [5, 5.41) is 2.67.